The topological polar surface area (TPSA) is 116 Å². The summed E-state index contributed by atoms with van der Waals surface area (Å²) in [5.74, 6) is 0.692. The van der Waals surface area contributed by atoms with Crippen molar-refractivity contribution in [2.45, 2.75) is 45.6 Å². The SMILES string of the molecule is COc1cc(C(=O)N(C)c2ccc(C)cc2OCCCCCC(=O)N2CCNCC2C)ccc1NC(=O)c1cccc2[nH]ccc12.Cl. The van der Waals surface area contributed by atoms with Gasteiger partial charge in [0.1, 0.15) is 11.5 Å². The number of halogens is 1. The number of aryl methyl sites for hydroxylation is 1. The molecule has 1 unspecified atom stereocenters. The number of methoxy groups -OCH3 is 1. The fraction of sp³-hybridized carbons (Fsp3) is 0.361. The minimum absolute atomic E-state index is 0. The van der Waals surface area contributed by atoms with Crippen molar-refractivity contribution in [2.24, 2.45) is 0 Å². The van der Waals surface area contributed by atoms with Gasteiger partial charge in [0.15, 0.2) is 0 Å². The van der Waals surface area contributed by atoms with Crippen LogP contribution in [0.25, 0.3) is 10.9 Å². The van der Waals surface area contributed by atoms with Gasteiger partial charge in [-0.15, -0.1) is 12.4 Å². The molecule has 0 bridgehead atoms. The van der Waals surface area contributed by atoms with Gasteiger partial charge in [-0.1, -0.05) is 12.1 Å². The standard InChI is InChI=1S/C36H43N5O5.ClH/c1-24-12-15-31(33(21-24)46-20-7-5-6-11-34(42)41-19-18-37-23-25(41)2)40(3)36(44)26-13-14-30(32(22-26)45-4)39-35(43)28-9-8-10-29-27(28)16-17-38-29;/h8-10,12-17,21-22,25,37-38H,5-7,11,18-20,23H2,1-4H3,(H,39,43);1H. The number of fused-ring (bicyclic) bond motifs is 1. The third-order valence-corrected chi connectivity index (χ3v) is 8.43. The van der Waals surface area contributed by atoms with E-state index in [4.69, 9.17) is 9.47 Å². The maximum absolute atomic E-state index is 13.6. The number of amides is 3. The molecule has 10 nitrogen and oxygen atoms in total. The molecule has 0 radical (unpaired) electrons. The molecule has 1 fully saturated rings. The molecule has 1 saturated heterocycles. The van der Waals surface area contributed by atoms with Crippen molar-refractivity contribution in [2.75, 3.05) is 50.6 Å². The number of carbonyl (C=O) groups excluding carboxylic acids is 3. The molecule has 11 heteroatoms. The van der Waals surface area contributed by atoms with Gasteiger partial charge in [0.25, 0.3) is 11.8 Å². The molecular weight excluding hydrogens is 618 g/mol. The van der Waals surface area contributed by atoms with E-state index >= 15 is 0 Å². The highest BCUT2D eigenvalue weighted by atomic mass is 35.5. The van der Waals surface area contributed by atoms with Crippen LogP contribution in [-0.2, 0) is 4.79 Å². The Morgan fingerprint density at radius 2 is 1.85 bits per heavy atom. The van der Waals surface area contributed by atoms with Gasteiger partial charge in [-0.2, -0.15) is 0 Å². The molecule has 3 amide bonds. The lowest BCUT2D eigenvalue weighted by Crippen LogP contribution is -2.52. The summed E-state index contributed by atoms with van der Waals surface area (Å²) in [4.78, 5) is 46.0. The van der Waals surface area contributed by atoms with Crippen LogP contribution in [0.3, 0.4) is 0 Å². The first-order valence-electron chi connectivity index (χ1n) is 15.8. The van der Waals surface area contributed by atoms with Crippen LogP contribution in [0, 0.1) is 6.92 Å². The lowest BCUT2D eigenvalue weighted by molar-refractivity contribution is -0.134. The highest BCUT2D eigenvalue weighted by Gasteiger charge is 2.23. The molecule has 1 atom stereocenters. The third kappa shape index (κ3) is 8.44. The zero-order valence-corrected chi connectivity index (χ0v) is 28.2. The van der Waals surface area contributed by atoms with Crippen LogP contribution in [-0.4, -0.2) is 74.0 Å². The van der Waals surface area contributed by atoms with Gasteiger partial charge in [0.2, 0.25) is 5.91 Å². The second kappa shape index (κ2) is 16.3. The number of H-pyrrole nitrogens is 1. The number of ether oxygens (including phenoxy) is 2. The predicted molar refractivity (Wildman–Crippen MR) is 188 cm³/mol. The first-order valence-corrected chi connectivity index (χ1v) is 15.8. The number of anilines is 2. The number of aromatic nitrogens is 1. The van der Waals surface area contributed by atoms with Crippen molar-refractivity contribution in [3.05, 3.63) is 83.6 Å². The summed E-state index contributed by atoms with van der Waals surface area (Å²) < 4.78 is 11.7. The van der Waals surface area contributed by atoms with Crippen molar-refractivity contribution < 1.29 is 23.9 Å². The summed E-state index contributed by atoms with van der Waals surface area (Å²) >= 11 is 0. The van der Waals surface area contributed by atoms with Crippen molar-refractivity contribution in [1.29, 1.82) is 0 Å². The zero-order chi connectivity index (χ0) is 32.6. The molecule has 4 aromatic rings. The van der Waals surface area contributed by atoms with E-state index in [1.807, 2.05) is 48.2 Å². The minimum atomic E-state index is -0.276. The number of nitrogens with one attached hydrogen (secondary N) is 3. The largest absolute Gasteiger partial charge is 0.495 e. The van der Waals surface area contributed by atoms with Gasteiger partial charge in [0.05, 0.1) is 25.1 Å². The predicted octanol–water partition coefficient (Wildman–Crippen LogP) is 6.20. The minimum Gasteiger partial charge on any atom is -0.495 e. The Balaban J connectivity index is 0.00000500. The highest BCUT2D eigenvalue weighted by molar-refractivity contribution is 6.13. The number of rotatable bonds is 12. The molecule has 0 saturated carbocycles. The maximum Gasteiger partial charge on any atom is 0.258 e. The van der Waals surface area contributed by atoms with Gasteiger partial charge in [-0.3, -0.25) is 14.4 Å². The fourth-order valence-electron chi connectivity index (χ4n) is 5.81. The van der Waals surface area contributed by atoms with E-state index in [1.54, 1.807) is 42.4 Å². The molecule has 250 valence electrons. The van der Waals surface area contributed by atoms with E-state index in [9.17, 15) is 14.4 Å². The number of carbonyl (C=O) groups is 3. The molecule has 1 aliphatic rings. The van der Waals surface area contributed by atoms with Crippen LogP contribution in [0.1, 0.15) is 58.9 Å². The van der Waals surface area contributed by atoms with Crippen molar-refractivity contribution in [3.63, 3.8) is 0 Å². The first-order chi connectivity index (χ1) is 22.3. The van der Waals surface area contributed by atoms with E-state index in [2.05, 4.69) is 22.5 Å². The number of aromatic amines is 1. The maximum atomic E-state index is 13.6. The van der Waals surface area contributed by atoms with Gasteiger partial charge in [-0.05, 0) is 87.2 Å². The van der Waals surface area contributed by atoms with Crippen LogP contribution >= 0.6 is 12.4 Å². The summed E-state index contributed by atoms with van der Waals surface area (Å²) in [5, 5.41) is 7.06. The monoisotopic (exact) mass is 661 g/mol. The number of hydrogen-bond acceptors (Lipinski definition) is 6. The number of hydrogen-bond donors (Lipinski definition) is 3. The average Bonchev–Trinajstić information content (AvgIpc) is 3.55. The Labute approximate surface area is 282 Å². The number of unbranched alkanes of at least 4 members (excludes halogenated alkanes) is 2. The molecule has 2 heterocycles. The van der Waals surface area contributed by atoms with Gasteiger partial charge in [-0.25, -0.2) is 0 Å². The molecule has 0 spiro atoms. The highest BCUT2D eigenvalue weighted by Crippen LogP contribution is 2.32. The van der Waals surface area contributed by atoms with Crippen molar-refractivity contribution >= 4 is 52.4 Å². The summed E-state index contributed by atoms with van der Waals surface area (Å²) in [7, 11) is 3.21. The van der Waals surface area contributed by atoms with Crippen LogP contribution in [0.4, 0.5) is 11.4 Å². The zero-order valence-electron chi connectivity index (χ0n) is 27.4. The van der Waals surface area contributed by atoms with E-state index in [-0.39, 0.29) is 36.2 Å². The lowest BCUT2D eigenvalue weighted by atomic mass is 10.1. The van der Waals surface area contributed by atoms with Crippen molar-refractivity contribution in [3.8, 4) is 11.5 Å². The molecule has 3 aromatic carbocycles. The molecule has 1 aromatic heterocycles. The average molecular weight is 662 g/mol. The van der Waals surface area contributed by atoms with Crippen LogP contribution < -0.4 is 25.0 Å². The Morgan fingerprint density at radius 1 is 1.02 bits per heavy atom. The molecule has 47 heavy (non-hydrogen) atoms. The van der Waals surface area contributed by atoms with E-state index in [0.29, 0.717) is 47.0 Å². The number of piperazine rings is 1. The smallest absolute Gasteiger partial charge is 0.258 e. The Hall–Kier alpha value is -4.54. The van der Waals surface area contributed by atoms with Gasteiger partial charge >= 0.3 is 0 Å². The fourth-order valence-corrected chi connectivity index (χ4v) is 5.81. The normalized spacial score (nSPS) is 14.3. The van der Waals surface area contributed by atoms with Crippen LogP contribution in [0.2, 0.25) is 0 Å². The van der Waals surface area contributed by atoms with Crippen molar-refractivity contribution in [1.82, 2.24) is 15.2 Å². The third-order valence-electron chi connectivity index (χ3n) is 8.43. The Kier molecular flexibility index (Phi) is 12.3. The summed E-state index contributed by atoms with van der Waals surface area (Å²) in [6, 6.07) is 18.3. The first kappa shape index (κ1) is 35.3. The second-order valence-electron chi connectivity index (χ2n) is 11.7. The molecule has 0 aliphatic carbocycles. The van der Waals surface area contributed by atoms with Gasteiger partial charge < -0.3 is 34.9 Å². The molecule has 3 N–H and O–H groups in total. The van der Waals surface area contributed by atoms with Gasteiger partial charge in [0, 0.05) is 67.4 Å². The molecule has 1 aliphatic heterocycles. The number of benzene rings is 3. The Bertz CT molecular complexity index is 1710. The van der Waals surface area contributed by atoms with E-state index in [0.717, 1.165) is 55.4 Å². The van der Waals surface area contributed by atoms with E-state index < -0.39 is 0 Å². The second-order valence-corrected chi connectivity index (χ2v) is 11.7. The van der Waals surface area contributed by atoms with Crippen LogP contribution in [0.15, 0.2) is 66.9 Å². The Morgan fingerprint density at radius 3 is 2.64 bits per heavy atom. The summed E-state index contributed by atoms with van der Waals surface area (Å²) in [6.07, 6.45) is 4.84. The lowest BCUT2D eigenvalue weighted by Gasteiger charge is -2.34. The molecular formula is C36H44ClN5O5. The van der Waals surface area contributed by atoms with Crippen LogP contribution in [0.5, 0.6) is 11.5 Å². The molecule has 5 rings (SSSR count). The number of nitrogens with zero attached hydrogens (tertiary/aromatic N) is 2. The summed E-state index contributed by atoms with van der Waals surface area (Å²) in [5.41, 5.74) is 3.94. The summed E-state index contributed by atoms with van der Waals surface area (Å²) in [6.45, 7) is 7.01. The van der Waals surface area contributed by atoms with E-state index in [1.165, 1.54) is 7.11 Å². The quantitative estimate of drug-likeness (QED) is 0.156.